The van der Waals surface area contributed by atoms with Crippen LogP contribution in [0.5, 0.6) is 0 Å². The number of amides is 1. The van der Waals surface area contributed by atoms with Gasteiger partial charge in [0.25, 0.3) is 5.69 Å². The van der Waals surface area contributed by atoms with Crippen LogP contribution in [0.2, 0.25) is 0 Å². The lowest BCUT2D eigenvalue weighted by molar-refractivity contribution is -0.384. The Labute approximate surface area is 181 Å². The molecule has 4 rings (SSSR count). The second-order valence-electron chi connectivity index (χ2n) is 6.95. The van der Waals surface area contributed by atoms with E-state index in [2.05, 4.69) is 25.5 Å². The highest BCUT2D eigenvalue weighted by atomic mass is 32.2. The number of rotatable bonds is 7. The summed E-state index contributed by atoms with van der Waals surface area (Å²) in [5, 5.41) is 25.1. The maximum absolute atomic E-state index is 12.3. The van der Waals surface area contributed by atoms with Crippen molar-refractivity contribution in [2.45, 2.75) is 44.3 Å². The van der Waals surface area contributed by atoms with E-state index in [1.54, 1.807) is 11.3 Å². The van der Waals surface area contributed by atoms with Crippen molar-refractivity contribution in [2.75, 3.05) is 11.1 Å². The van der Waals surface area contributed by atoms with Crippen LogP contribution < -0.4 is 5.32 Å². The second kappa shape index (κ2) is 8.97. The van der Waals surface area contributed by atoms with Gasteiger partial charge in [-0.25, -0.2) is 0 Å². The summed E-state index contributed by atoms with van der Waals surface area (Å²) in [5.74, 6) is 0.848. The molecule has 0 spiro atoms. The SMILES string of the molecule is CCn1c(SCC(=O)Nc2ccc([N+](=O)[O-])cc2)nnc1-c1csc2c1CCCC2. The Morgan fingerprint density at radius 3 is 2.77 bits per heavy atom. The molecule has 0 saturated carbocycles. The number of carbonyl (C=O) groups is 1. The van der Waals surface area contributed by atoms with Gasteiger partial charge in [-0.15, -0.1) is 21.5 Å². The first-order chi connectivity index (χ1) is 14.6. The van der Waals surface area contributed by atoms with Gasteiger partial charge in [0.15, 0.2) is 11.0 Å². The normalized spacial score (nSPS) is 13.1. The molecule has 0 saturated heterocycles. The average Bonchev–Trinajstić information content (AvgIpc) is 3.36. The minimum atomic E-state index is -0.471. The van der Waals surface area contributed by atoms with Crippen molar-refractivity contribution in [3.05, 3.63) is 50.2 Å². The van der Waals surface area contributed by atoms with Crippen LogP contribution in [0.15, 0.2) is 34.8 Å². The van der Waals surface area contributed by atoms with Crippen molar-refractivity contribution < 1.29 is 9.72 Å². The molecule has 1 aliphatic carbocycles. The number of nitro benzene ring substituents is 1. The first-order valence-electron chi connectivity index (χ1n) is 9.76. The monoisotopic (exact) mass is 443 g/mol. The van der Waals surface area contributed by atoms with E-state index in [0.29, 0.717) is 10.8 Å². The van der Waals surface area contributed by atoms with Gasteiger partial charge in [-0.1, -0.05) is 11.8 Å². The molecule has 30 heavy (non-hydrogen) atoms. The van der Waals surface area contributed by atoms with E-state index >= 15 is 0 Å². The fourth-order valence-electron chi connectivity index (χ4n) is 3.55. The molecule has 1 aromatic carbocycles. The van der Waals surface area contributed by atoms with Gasteiger partial charge in [-0.2, -0.15) is 0 Å². The zero-order valence-electron chi connectivity index (χ0n) is 16.5. The Kier molecular flexibility index (Phi) is 6.14. The molecule has 2 heterocycles. The molecule has 156 valence electrons. The van der Waals surface area contributed by atoms with Gasteiger partial charge in [0.2, 0.25) is 5.91 Å². The summed E-state index contributed by atoms with van der Waals surface area (Å²) in [5.41, 5.74) is 3.09. The number of aromatic nitrogens is 3. The van der Waals surface area contributed by atoms with Gasteiger partial charge in [0.1, 0.15) is 0 Å². The number of nitrogens with zero attached hydrogens (tertiary/aromatic N) is 4. The number of nitro groups is 1. The smallest absolute Gasteiger partial charge is 0.269 e. The third kappa shape index (κ3) is 4.24. The summed E-state index contributed by atoms with van der Waals surface area (Å²) in [6, 6.07) is 5.77. The summed E-state index contributed by atoms with van der Waals surface area (Å²) < 4.78 is 2.06. The number of thioether (sulfide) groups is 1. The fourth-order valence-corrected chi connectivity index (χ4v) is 5.48. The summed E-state index contributed by atoms with van der Waals surface area (Å²) in [6.45, 7) is 2.77. The number of hydrogen-bond acceptors (Lipinski definition) is 7. The van der Waals surface area contributed by atoms with Crippen LogP contribution in [0.3, 0.4) is 0 Å². The molecule has 0 unspecified atom stereocenters. The zero-order chi connectivity index (χ0) is 21.1. The molecule has 0 aliphatic heterocycles. The van der Waals surface area contributed by atoms with Gasteiger partial charge in [-0.05, 0) is 50.3 Å². The number of benzene rings is 1. The van der Waals surface area contributed by atoms with Gasteiger partial charge in [0, 0.05) is 40.2 Å². The van der Waals surface area contributed by atoms with Crippen LogP contribution in [-0.2, 0) is 24.2 Å². The molecule has 0 radical (unpaired) electrons. The third-order valence-electron chi connectivity index (χ3n) is 5.03. The number of nitrogens with one attached hydrogen (secondary N) is 1. The van der Waals surface area contributed by atoms with E-state index < -0.39 is 4.92 Å². The second-order valence-corrected chi connectivity index (χ2v) is 8.86. The molecule has 0 fully saturated rings. The Balaban J connectivity index is 1.43. The van der Waals surface area contributed by atoms with E-state index in [-0.39, 0.29) is 17.3 Å². The first kappa shape index (κ1) is 20.5. The number of aryl methyl sites for hydroxylation is 1. The van der Waals surface area contributed by atoms with E-state index in [4.69, 9.17) is 0 Å². The molecule has 10 heteroatoms. The Hall–Kier alpha value is -2.72. The molecule has 8 nitrogen and oxygen atoms in total. The van der Waals surface area contributed by atoms with Crippen molar-refractivity contribution in [3.63, 3.8) is 0 Å². The topological polar surface area (TPSA) is 103 Å². The number of anilines is 1. The highest BCUT2D eigenvalue weighted by Gasteiger charge is 2.22. The first-order valence-corrected chi connectivity index (χ1v) is 11.6. The predicted molar refractivity (Wildman–Crippen MR) is 118 cm³/mol. The molecule has 1 aliphatic rings. The van der Waals surface area contributed by atoms with Gasteiger partial charge < -0.3 is 9.88 Å². The van der Waals surface area contributed by atoms with Crippen LogP contribution in [0, 0.1) is 10.1 Å². The highest BCUT2D eigenvalue weighted by Crippen LogP contribution is 2.36. The minimum Gasteiger partial charge on any atom is -0.325 e. The summed E-state index contributed by atoms with van der Waals surface area (Å²) in [4.78, 5) is 24.0. The zero-order valence-corrected chi connectivity index (χ0v) is 18.1. The molecule has 0 bridgehead atoms. The molecule has 0 atom stereocenters. The maximum atomic E-state index is 12.3. The summed E-state index contributed by atoms with van der Waals surface area (Å²) >= 11 is 3.14. The largest absolute Gasteiger partial charge is 0.325 e. The quantitative estimate of drug-likeness (QED) is 0.327. The van der Waals surface area contributed by atoms with E-state index in [9.17, 15) is 14.9 Å². The fraction of sp³-hybridized carbons (Fsp3) is 0.350. The van der Waals surface area contributed by atoms with Crippen molar-refractivity contribution >= 4 is 40.4 Å². The van der Waals surface area contributed by atoms with Crippen molar-refractivity contribution in [1.29, 1.82) is 0 Å². The van der Waals surface area contributed by atoms with Crippen molar-refractivity contribution in [1.82, 2.24) is 14.8 Å². The van der Waals surface area contributed by atoms with Gasteiger partial charge in [0.05, 0.1) is 10.7 Å². The minimum absolute atomic E-state index is 0.0124. The lowest BCUT2D eigenvalue weighted by atomic mass is 9.96. The number of non-ortho nitro benzene ring substituents is 1. The van der Waals surface area contributed by atoms with Crippen LogP contribution >= 0.6 is 23.1 Å². The Morgan fingerprint density at radius 2 is 2.03 bits per heavy atom. The van der Waals surface area contributed by atoms with E-state index in [1.807, 2.05) is 6.92 Å². The lowest BCUT2D eigenvalue weighted by Gasteiger charge is -2.13. The van der Waals surface area contributed by atoms with Crippen molar-refractivity contribution in [3.8, 4) is 11.4 Å². The third-order valence-corrected chi connectivity index (χ3v) is 7.08. The summed E-state index contributed by atoms with van der Waals surface area (Å²) in [7, 11) is 0. The average molecular weight is 444 g/mol. The molecular formula is C20H21N5O3S2. The lowest BCUT2D eigenvalue weighted by Crippen LogP contribution is -2.14. The van der Waals surface area contributed by atoms with Crippen LogP contribution in [0.1, 0.15) is 30.2 Å². The van der Waals surface area contributed by atoms with Crippen LogP contribution in [-0.4, -0.2) is 31.3 Å². The summed E-state index contributed by atoms with van der Waals surface area (Å²) in [6.07, 6.45) is 4.69. The van der Waals surface area contributed by atoms with E-state index in [1.165, 1.54) is 64.9 Å². The Morgan fingerprint density at radius 1 is 1.27 bits per heavy atom. The predicted octanol–water partition coefficient (Wildman–Crippen LogP) is 4.54. The Bertz CT molecular complexity index is 1070. The molecule has 3 aromatic rings. The molecule has 1 amide bonds. The van der Waals surface area contributed by atoms with Crippen LogP contribution in [0.4, 0.5) is 11.4 Å². The number of thiophene rings is 1. The maximum Gasteiger partial charge on any atom is 0.269 e. The van der Waals surface area contributed by atoms with Crippen LogP contribution in [0.25, 0.3) is 11.4 Å². The number of hydrogen-bond donors (Lipinski definition) is 1. The van der Waals surface area contributed by atoms with E-state index in [0.717, 1.165) is 25.2 Å². The van der Waals surface area contributed by atoms with Crippen molar-refractivity contribution in [2.24, 2.45) is 0 Å². The standard InChI is InChI=1S/C20H21N5O3S2/c1-2-24-19(16-11-29-17-6-4-3-5-15(16)17)22-23-20(24)30-12-18(26)21-13-7-9-14(10-8-13)25(27)28/h7-11H,2-6,12H2,1H3,(H,21,26). The molecular weight excluding hydrogens is 422 g/mol. The van der Waals surface area contributed by atoms with Gasteiger partial charge in [-0.3, -0.25) is 14.9 Å². The number of fused-ring (bicyclic) bond motifs is 1. The molecule has 2 aromatic heterocycles. The number of carbonyl (C=O) groups excluding carboxylic acids is 1. The van der Waals surface area contributed by atoms with Gasteiger partial charge >= 0.3 is 0 Å². The highest BCUT2D eigenvalue weighted by molar-refractivity contribution is 7.99. The molecule has 1 N–H and O–H groups in total.